The first-order valence-corrected chi connectivity index (χ1v) is 5.52. The average Bonchev–Trinajstić information content (AvgIpc) is 2.77. The number of nitrogens with zero attached hydrogens (tertiary/aromatic N) is 1. The van der Waals surface area contributed by atoms with Gasteiger partial charge in [0.25, 0.3) is 0 Å². The zero-order valence-electron chi connectivity index (χ0n) is 9.68. The van der Waals surface area contributed by atoms with Crippen LogP contribution in [0.15, 0.2) is 22.6 Å². The molecular formula is C12H8ClNO5. The number of aromatic carboxylic acids is 2. The zero-order valence-corrected chi connectivity index (χ0v) is 10.4. The number of benzene rings is 1. The van der Waals surface area contributed by atoms with Gasteiger partial charge in [-0.1, -0.05) is 23.7 Å². The second-order valence-corrected chi connectivity index (χ2v) is 4.12. The number of halogens is 1. The molecule has 2 N–H and O–H groups in total. The maximum atomic E-state index is 10.9. The van der Waals surface area contributed by atoms with Crippen molar-refractivity contribution in [3.8, 4) is 11.5 Å². The summed E-state index contributed by atoms with van der Waals surface area (Å²) in [4.78, 5) is 25.5. The summed E-state index contributed by atoms with van der Waals surface area (Å²) in [5, 5.41) is 18.1. The number of carboxylic acid groups (broad SMARTS) is 2. The average molecular weight is 282 g/mol. The molecule has 0 amide bonds. The lowest BCUT2D eigenvalue weighted by Crippen LogP contribution is -2.05. The zero-order chi connectivity index (χ0) is 14.2. The molecule has 1 heterocycles. The van der Waals surface area contributed by atoms with Gasteiger partial charge in [-0.3, -0.25) is 0 Å². The van der Waals surface area contributed by atoms with Crippen molar-refractivity contribution < 1.29 is 24.2 Å². The Hall–Kier alpha value is -2.34. The minimum Gasteiger partial charge on any atom is -0.476 e. The summed E-state index contributed by atoms with van der Waals surface area (Å²) in [5.41, 5.74) is 0.433. The maximum Gasteiger partial charge on any atom is 0.374 e. The molecule has 0 aliphatic rings. The van der Waals surface area contributed by atoms with Crippen molar-refractivity contribution in [1.82, 2.24) is 4.98 Å². The van der Waals surface area contributed by atoms with Gasteiger partial charge in [0.15, 0.2) is 0 Å². The third-order valence-corrected chi connectivity index (χ3v) is 2.95. The Kier molecular flexibility index (Phi) is 3.26. The van der Waals surface area contributed by atoms with E-state index >= 15 is 0 Å². The summed E-state index contributed by atoms with van der Waals surface area (Å²) in [6, 6.07) is 5.01. The Balaban J connectivity index is 2.64. The predicted molar refractivity (Wildman–Crippen MR) is 65.6 cm³/mol. The van der Waals surface area contributed by atoms with E-state index in [9.17, 15) is 9.59 Å². The minimum atomic E-state index is -1.50. The Bertz CT molecular complexity index is 645. The standard InChI is InChI=1S/C12H8ClNO5/c1-5-3-2-4-6(7(5)13)10-14-8(11(15)16)9(19-10)12(17)18/h2-4H,1H3,(H,15,16)(H,17,18). The van der Waals surface area contributed by atoms with Crippen LogP contribution in [0.2, 0.25) is 5.02 Å². The molecule has 1 aromatic heterocycles. The van der Waals surface area contributed by atoms with Crippen LogP contribution in [0, 0.1) is 6.92 Å². The molecule has 7 heteroatoms. The van der Waals surface area contributed by atoms with Crippen LogP contribution in [-0.2, 0) is 0 Å². The number of aryl methyl sites for hydroxylation is 1. The summed E-state index contributed by atoms with van der Waals surface area (Å²) in [5.74, 6) is -3.83. The van der Waals surface area contributed by atoms with Gasteiger partial charge in [-0.2, -0.15) is 0 Å². The smallest absolute Gasteiger partial charge is 0.374 e. The molecule has 0 aliphatic carbocycles. The number of carbonyl (C=O) groups is 2. The Morgan fingerprint density at radius 2 is 1.95 bits per heavy atom. The molecule has 0 radical (unpaired) electrons. The predicted octanol–water partition coefficient (Wildman–Crippen LogP) is 2.70. The molecule has 2 aromatic rings. The van der Waals surface area contributed by atoms with E-state index in [0.29, 0.717) is 10.6 Å². The van der Waals surface area contributed by atoms with Crippen molar-refractivity contribution in [3.05, 3.63) is 40.2 Å². The molecule has 0 spiro atoms. The fourth-order valence-electron chi connectivity index (χ4n) is 1.54. The maximum absolute atomic E-state index is 10.9. The van der Waals surface area contributed by atoms with Crippen LogP contribution in [0.3, 0.4) is 0 Å². The quantitative estimate of drug-likeness (QED) is 0.897. The topological polar surface area (TPSA) is 101 Å². The molecule has 0 saturated heterocycles. The monoisotopic (exact) mass is 281 g/mol. The lowest BCUT2D eigenvalue weighted by atomic mass is 10.1. The highest BCUT2D eigenvalue weighted by molar-refractivity contribution is 6.33. The van der Waals surface area contributed by atoms with Gasteiger partial charge >= 0.3 is 11.9 Å². The van der Waals surface area contributed by atoms with Gasteiger partial charge in [-0.15, -0.1) is 0 Å². The van der Waals surface area contributed by atoms with Gasteiger partial charge in [0.05, 0.1) is 10.6 Å². The third-order valence-electron chi connectivity index (χ3n) is 2.45. The van der Waals surface area contributed by atoms with Gasteiger partial charge in [0, 0.05) is 0 Å². The molecular weight excluding hydrogens is 274 g/mol. The van der Waals surface area contributed by atoms with Crippen LogP contribution in [0.1, 0.15) is 26.6 Å². The van der Waals surface area contributed by atoms with E-state index in [1.807, 2.05) is 0 Å². The summed E-state index contributed by atoms with van der Waals surface area (Å²) in [7, 11) is 0. The number of rotatable bonds is 3. The van der Waals surface area contributed by atoms with Gasteiger partial charge < -0.3 is 14.6 Å². The number of hydrogen-bond acceptors (Lipinski definition) is 4. The van der Waals surface area contributed by atoms with Gasteiger partial charge in [-0.05, 0) is 18.6 Å². The molecule has 0 saturated carbocycles. The number of aromatic nitrogens is 1. The van der Waals surface area contributed by atoms with Crippen LogP contribution in [0.4, 0.5) is 0 Å². The van der Waals surface area contributed by atoms with E-state index in [1.54, 1.807) is 25.1 Å². The van der Waals surface area contributed by atoms with Crippen molar-refractivity contribution in [3.63, 3.8) is 0 Å². The van der Waals surface area contributed by atoms with Crippen molar-refractivity contribution in [2.24, 2.45) is 0 Å². The normalized spacial score (nSPS) is 10.4. The molecule has 0 aliphatic heterocycles. The molecule has 0 fully saturated rings. The van der Waals surface area contributed by atoms with Gasteiger partial charge in [-0.25, -0.2) is 14.6 Å². The van der Waals surface area contributed by atoms with Crippen molar-refractivity contribution in [1.29, 1.82) is 0 Å². The Morgan fingerprint density at radius 3 is 2.47 bits per heavy atom. The molecule has 19 heavy (non-hydrogen) atoms. The van der Waals surface area contributed by atoms with E-state index < -0.39 is 23.4 Å². The molecule has 0 bridgehead atoms. The summed E-state index contributed by atoms with van der Waals surface area (Å²) in [6.07, 6.45) is 0. The van der Waals surface area contributed by atoms with Gasteiger partial charge in [0.1, 0.15) is 0 Å². The molecule has 1 aromatic carbocycles. The van der Waals surface area contributed by atoms with E-state index in [0.717, 1.165) is 5.56 Å². The minimum absolute atomic E-state index is 0.136. The van der Waals surface area contributed by atoms with E-state index in [4.69, 9.17) is 26.2 Å². The van der Waals surface area contributed by atoms with Crippen molar-refractivity contribution >= 4 is 23.5 Å². The highest BCUT2D eigenvalue weighted by Crippen LogP contribution is 2.31. The summed E-state index contributed by atoms with van der Waals surface area (Å²) >= 11 is 6.05. The summed E-state index contributed by atoms with van der Waals surface area (Å²) < 4.78 is 4.98. The molecule has 6 nitrogen and oxygen atoms in total. The van der Waals surface area contributed by atoms with Crippen LogP contribution in [-0.4, -0.2) is 27.1 Å². The second kappa shape index (κ2) is 4.74. The molecule has 98 valence electrons. The molecule has 2 rings (SSSR count). The summed E-state index contributed by atoms with van der Waals surface area (Å²) in [6.45, 7) is 1.75. The first kappa shape index (κ1) is 13.1. The fraction of sp³-hybridized carbons (Fsp3) is 0.0833. The van der Waals surface area contributed by atoms with Crippen molar-refractivity contribution in [2.75, 3.05) is 0 Å². The number of oxazole rings is 1. The highest BCUT2D eigenvalue weighted by atomic mass is 35.5. The van der Waals surface area contributed by atoms with Crippen LogP contribution in [0.5, 0.6) is 0 Å². The molecule has 0 unspecified atom stereocenters. The van der Waals surface area contributed by atoms with E-state index in [-0.39, 0.29) is 5.89 Å². The van der Waals surface area contributed by atoms with Crippen LogP contribution < -0.4 is 0 Å². The molecule has 0 atom stereocenters. The Morgan fingerprint density at radius 1 is 1.26 bits per heavy atom. The Labute approximate surface area is 112 Å². The lowest BCUT2D eigenvalue weighted by Gasteiger charge is -2.01. The van der Waals surface area contributed by atoms with E-state index in [2.05, 4.69) is 4.98 Å². The van der Waals surface area contributed by atoms with Gasteiger partial charge in [0.2, 0.25) is 17.3 Å². The highest BCUT2D eigenvalue weighted by Gasteiger charge is 2.26. The third kappa shape index (κ3) is 2.30. The first-order chi connectivity index (χ1) is 8.91. The van der Waals surface area contributed by atoms with Crippen molar-refractivity contribution in [2.45, 2.75) is 6.92 Å². The first-order valence-electron chi connectivity index (χ1n) is 5.14. The number of hydrogen-bond donors (Lipinski definition) is 2. The SMILES string of the molecule is Cc1cccc(-c2nc(C(=O)O)c(C(=O)O)o2)c1Cl. The van der Waals surface area contributed by atoms with E-state index in [1.165, 1.54) is 0 Å². The van der Waals surface area contributed by atoms with Crippen LogP contribution in [0.25, 0.3) is 11.5 Å². The lowest BCUT2D eigenvalue weighted by molar-refractivity contribution is 0.0624. The van der Waals surface area contributed by atoms with Crippen LogP contribution >= 0.6 is 11.6 Å². The second-order valence-electron chi connectivity index (χ2n) is 3.74. The fourth-order valence-corrected chi connectivity index (χ4v) is 1.74. The largest absolute Gasteiger partial charge is 0.476 e. The number of carboxylic acids is 2.